The summed E-state index contributed by atoms with van der Waals surface area (Å²) in [6.07, 6.45) is 0.985. The van der Waals surface area contributed by atoms with Crippen LogP contribution in [0.5, 0.6) is 5.75 Å². The number of rotatable bonds is 3. The van der Waals surface area contributed by atoms with Crippen molar-refractivity contribution in [3.63, 3.8) is 0 Å². The van der Waals surface area contributed by atoms with Crippen LogP contribution in [0.2, 0.25) is 0 Å². The van der Waals surface area contributed by atoms with Crippen LogP contribution in [0.1, 0.15) is 5.56 Å². The Morgan fingerprint density at radius 3 is 2.91 bits per heavy atom. The maximum Gasteiger partial charge on any atom is 0.120 e. The predicted octanol–water partition coefficient (Wildman–Crippen LogP) is 2.76. The van der Waals surface area contributed by atoms with E-state index in [1.165, 1.54) is 11.3 Å². The molecular formula is C18H19N3O. The topological polar surface area (TPSA) is 36.9 Å². The summed E-state index contributed by atoms with van der Waals surface area (Å²) in [5.41, 5.74) is 3.77. The third-order valence-corrected chi connectivity index (χ3v) is 4.32. The number of anilines is 2. The van der Waals surface area contributed by atoms with E-state index in [9.17, 15) is 0 Å². The molecule has 4 rings (SSSR count). The summed E-state index contributed by atoms with van der Waals surface area (Å²) >= 11 is 0. The number of methoxy groups -OCH3 is 1. The highest BCUT2D eigenvalue weighted by molar-refractivity contribution is 5.96. The van der Waals surface area contributed by atoms with E-state index in [0.717, 1.165) is 36.8 Å². The van der Waals surface area contributed by atoms with Crippen molar-refractivity contribution in [3.05, 3.63) is 54.1 Å². The van der Waals surface area contributed by atoms with Gasteiger partial charge in [-0.3, -0.25) is 4.99 Å². The van der Waals surface area contributed by atoms with Gasteiger partial charge in [0.1, 0.15) is 11.6 Å². The van der Waals surface area contributed by atoms with Gasteiger partial charge in [-0.15, -0.1) is 0 Å². The van der Waals surface area contributed by atoms with Crippen LogP contribution in [-0.2, 0) is 6.42 Å². The molecule has 4 nitrogen and oxygen atoms in total. The van der Waals surface area contributed by atoms with Crippen molar-refractivity contribution in [1.82, 2.24) is 5.32 Å². The smallest absolute Gasteiger partial charge is 0.120 e. The highest BCUT2D eigenvalue weighted by Gasteiger charge is 2.34. The predicted molar refractivity (Wildman–Crippen MR) is 89.4 cm³/mol. The van der Waals surface area contributed by atoms with E-state index in [2.05, 4.69) is 51.6 Å². The first kappa shape index (κ1) is 13.2. The summed E-state index contributed by atoms with van der Waals surface area (Å²) in [6.45, 7) is 1.81. The molecular weight excluding hydrogens is 274 g/mol. The second-order valence-corrected chi connectivity index (χ2v) is 5.61. The van der Waals surface area contributed by atoms with Crippen molar-refractivity contribution in [2.75, 3.05) is 25.1 Å². The average molecular weight is 293 g/mol. The van der Waals surface area contributed by atoms with Gasteiger partial charge in [0, 0.05) is 30.4 Å². The molecule has 22 heavy (non-hydrogen) atoms. The zero-order valence-corrected chi connectivity index (χ0v) is 12.6. The first-order chi connectivity index (χ1) is 10.9. The van der Waals surface area contributed by atoms with Gasteiger partial charge in [0.15, 0.2) is 0 Å². The molecule has 2 aliphatic rings. The van der Waals surface area contributed by atoms with Gasteiger partial charge in [0.25, 0.3) is 0 Å². The molecule has 1 atom stereocenters. The lowest BCUT2D eigenvalue weighted by atomic mass is 10.1. The number of benzene rings is 2. The molecule has 1 unspecified atom stereocenters. The first-order valence-corrected chi connectivity index (χ1v) is 7.66. The minimum absolute atomic E-state index is 0.243. The van der Waals surface area contributed by atoms with Crippen LogP contribution in [0, 0.1) is 0 Å². The summed E-state index contributed by atoms with van der Waals surface area (Å²) in [5, 5.41) is 3.44. The Bertz CT molecular complexity index is 726. The Morgan fingerprint density at radius 2 is 2.09 bits per heavy atom. The molecule has 2 aromatic carbocycles. The van der Waals surface area contributed by atoms with Crippen molar-refractivity contribution in [2.24, 2.45) is 4.99 Å². The number of hydrogen-bond donors (Lipinski definition) is 1. The van der Waals surface area contributed by atoms with E-state index in [1.807, 2.05) is 12.1 Å². The Labute approximate surface area is 130 Å². The van der Waals surface area contributed by atoms with E-state index in [0.29, 0.717) is 0 Å². The number of hydrogen-bond acceptors (Lipinski definition) is 4. The fourth-order valence-corrected chi connectivity index (χ4v) is 3.32. The van der Waals surface area contributed by atoms with Crippen molar-refractivity contribution in [1.29, 1.82) is 0 Å². The normalized spacial score (nSPS) is 19.6. The Balaban J connectivity index is 1.80. The molecule has 2 aliphatic heterocycles. The summed E-state index contributed by atoms with van der Waals surface area (Å²) in [4.78, 5) is 7.02. The number of nitrogens with one attached hydrogen (secondary N) is 1. The lowest BCUT2D eigenvalue weighted by Crippen LogP contribution is -2.41. The van der Waals surface area contributed by atoms with E-state index < -0.39 is 0 Å². The van der Waals surface area contributed by atoms with Gasteiger partial charge in [0.05, 0.1) is 19.7 Å². The molecule has 0 bridgehead atoms. The van der Waals surface area contributed by atoms with Gasteiger partial charge in [-0.2, -0.15) is 0 Å². The summed E-state index contributed by atoms with van der Waals surface area (Å²) in [5.74, 6) is 1.97. The molecule has 0 amide bonds. The fraction of sp³-hybridized carbons (Fsp3) is 0.278. The molecule has 0 radical (unpaired) electrons. The fourth-order valence-electron chi connectivity index (χ4n) is 3.32. The van der Waals surface area contributed by atoms with Gasteiger partial charge in [-0.25, -0.2) is 0 Å². The van der Waals surface area contributed by atoms with Gasteiger partial charge >= 0.3 is 0 Å². The minimum Gasteiger partial charge on any atom is -0.497 e. The van der Waals surface area contributed by atoms with Crippen LogP contribution in [0.15, 0.2) is 53.5 Å². The van der Waals surface area contributed by atoms with Crippen LogP contribution in [0.25, 0.3) is 0 Å². The molecule has 0 aliphatic carbocycles. The number of fused-ring (bicyclic) bond motifs is 1. The van der Waals surface area contributed by atoms with Gasteiger partial charge in [0.2, 0.25) is 0 Å². The average Bonchev–Trinajstić information content (AvgIpc) is 3.22. The largest absolute Gasteiger partial charge is 0.497 e. The number of aliphatic imine (C=N–C) groups is 1. The Kier molecular flexibility index (Phi) is 3.22. The summed E-state index contributed by atoms with van der Waals surface area (Å²) < 4.78 is 5.39. The van der Waals surface area contributed by atoms with Crippen molar-refractivity contribution in [3.8, 4) is 5.75 Å². The molecule has 0 spiro atoms. The Hall–Kier alpha value is -2.49. The van der Waals surface area contributed by atoms with E-state index >= 15 is 0 Å². The number of ether oxygens (including phenoxy) is 1. The monoisotopic (exact) mass is 293 g/mol. The molecule has 0 saturated heterocycles. The zero-order chi connectivity index (χ0) is 14.9. The molecule has 2 heterocycles. The highest BCUT2D eigenvalue weighted by Crippen LogP contribution is 2.39. The van der Waals surface area contributed by atoms with Gasteiger partial charge < -0.3 is 15.0 Å². The van der Waals surface area contributed by atoms with Crippen LogP contribution in [-0.4, -0.2) is 32.1 Å². The molecule has 0 saturated carbocycles. The van der Waals surface area contributed by atoms with Gasteiger partial charge in [-0.1, -0.05) is 24.3 Å². The second kappa shape index (κ2) is 5.37. The van der Waals surface area contributed by atoms with Crippen LogP contribution in [0.3, 0.4) is 0 Å². The highest BCUT2D eigenvalue weighted by atomic mass is 16.5. The zero-order valence-electron chi connectivity index (χ0n) is 12.6. The lowest BCUT2D eigenvalue weighted by molar-refractivity contribution is 0.415. The standard InChI is InChI=1S/C18H19N3O/c1-22-15-7-4-6-14(12-15)21-16-8-3-2-5-13(16)11-17(21)18-19-9-10-20-18/h2-8,12,17H,9-11H2,1H3,(H,19,20). The van der Waals surface area contributed by atoms with E-state index in [-0.39, 0.29) is 6.04 Å². The Morgan fingerprint density at radius 1 is 1.18 bits per heavy atom. The quantitative estimate of drug-likeness (QED) is 0.945. The minimum atomic E-state index is 0.243. The number of nitrogens with zero attached hydrogens (tertiary/aromatic N) is 2. The van der Waals surface area contributed by atoms with Crippen molar-refractivity contribution >= 4 is 17.2 Å². The SMILES string of the molecule is COc1cccc(N2c3ccccc3CC2C2=NCCN2)c1. The number of para-hydroxylation sites is 1. The number of amidine groups is 1. The van der Waals surface area contributed by atoms with Crippen LogP contribution in [0.4, 0.5) is 11.4 Å². The third-order valence-electron chi connectivity index (χ3n) is 4.32. The first-order valence-electron chi connectivity index (χ1n) is 7.66. The molecule has 4 heteroatoms. The summed E-state index contributed by atoms with van der Waals surface area (Å²) in [6, 6.07) is 17.1. The molecule has 0 fully saturated rings. The molecule has 2 aromatic rings. The third kappa shape index (κ3) is 2.11. The maximum atomic E-state index is 5.39. The molecule has 1 N–H and O–H groups in total. The molecule has 0 aromatic heterocycles. The van der Waals surface area contributed by atoms with Crippen molar-refractivity contribution in [2.45, 2.75) is 12.5 Å². The summed E-state index contributed by atoms with van der Waals surface area (Å²) in [7, 11) is 1.71. The second-order valence-electron chi connectivity index (χ2n) is 5.61. The molecule has 112 valence electrons. The maximum absolute atomic E-state index is 5.39. The van der Waals surface area contributed by atoms with E-state index in [4.69, 9.17) is 4.74 Å². The van der Waals surface area contributed by atoms with Crippen LogP contribution < -0.4 is 15.0 Å². The van der Waals surface area contributed by atoms with Crippen LogP contribution >= 0.6 is 0 Å². The van der Waals surface area contributed by atoms with Gasteiger partial charge in [-0.05, 0) is 23.8 Å². The lowest BCUT2D eigenvalue weighted by Gasteiger charge is -2.28. The van der Waals surface area contributed by atoms with Crippen molar-refractivity contribution < 1.29 is 4.74 Å². The van der Waals surface area contributed by atoms with E-state index in [1.54, 1.807) is 7.11 Å².